The number of carbonyl (C=O) groups is 1. The second-order valence-electron chi connectivity index (χ2n) is 7.26. The van der Waals surface area contributed by atoms with Crippen LogP contribution in [-0.2, 0) is 11.3 Å². The van der Waals surface area contributed by atoms with Crippen LogP contribution in [0.2, 0.25) is 0 Å². The number of amides is 1. The number of hydrogen-bond donors (Lipinski definition) is 1. The van der Waals surface area contributed by atoms with Crippen molar-refractivity contribution in [2.24, 2.45) is 0 Å². The van der Waals surface area contributed by atoms with E-state index >= 15 is 0 Å². The van der Waals surface area contributed by atoms with Crippen LogP contribution in [0.15, 0.2) is 65.6 Å². The second-order valence-corrected chi connectivity index (χ2v) is 7.26. The van der Waals surface area contributed by atoms with Crippen LogP contribution in [0, 0.1) is 6.92 Å². The number of carbonyl (C=O) groups excluding carboxylic acids is 1. The summed E-state index contributed by atoms with van der Waals surface area (Å²) in [4.78, 5) is 25.8. The maximum atomic E-state index is 13.1. The standard InChI is InChI=1S/C23H23N5O3/c1-15(17-9-11-19(31-3)12-10-17)25-21(29)14-27-23(30)22-20(16(2)26-27)13-24-28(22)18-7-5-4-6-8-18/h4-13,15H,14H2,1-3H3,(H,25,29). The molecule has 0 saturated carbocycles. The van der Waals surface area contributed by atoms with Gasteiger partial charge in [-0.25, -0.2) is 9.36 Å². The molecule has 158 valence electrons. The van der Waals surface area contributed by atoms with Crippen molar-refractivity contribution >= 4 is 16.8 Å². The van der Waals surface area contributed by atoms with Crippen molar-refractivity contribution in [1.29, 1.82) is 0 Å². The van der Waals surface area contributed by atoms with E-state index in [4.69, 9.17) is 4.74 Å². The summed E-state index contributed by atoms with van der Waals surface area (Å²) >= 11 is 0. The van der Waals surface area contributed by atoms with Gasteiger partial charge in [-0.1, -0.05) is 30.3 Å². The first-order chi connectivity index (χ1) is 15.0. The predicted molar refractivity (Wildman–Crippen MR) is 117 cm³/mol. The third-order valence-electron chi connectivity index (χ3n) is 5.15. The first-order valence-electron chi connectivity index (χ1n) is 9.92. The molecule has 0 saturated heterocycles. The number of nitrogens with zero attached hydrogens (tertiary/aromatic N) is 4. The lowest BCUT2D eigenvalue weighted by atomic mass is 10.1. The molecule has 0 spiro atoms. The van der Waals surface area contributed by atoms with Gasteiger partial charge in [0.25, 0.3) is 5.56 Å². The monoisotopic (exact) mass is 417 g/mol. The normalized spacial score (nSPS) is 12.0. The van der Waals surface area contributed by atoms with Gasteiger partial charge in [-0.2, -0.15) is 10.2 Å². The van der Waals surface area contributed by atoms with Gasteiger partial charge in [-0.15, -0.1) is 0 Å². The van der Waals surface area contributed by atoms with Crippen LogP contribution >= 0.6 is 0 Å². The molecule has 2 heterocycles. The van der Waals surface area contributed by atoms with Gasteiger partial charge in [0.05, 0.1) is 30.7 Å². The van der Waals surface area contributed by atoms with E-state index in [0.29, 0.717) is 16.6 Å². The van der Waals surface area contributed by atoms with Crippen molar-refractivity contribution in [2.75, 3.05) is 7.11 Å². The Bertz CT molecular complexity index is 1280. The van der Waals surface area contributed by atoms with Gasteiger partial charge in [-0.05, 0) is 43.7 Å². The number of methoxy groups -OCH3 is 1. The summed E-state index contributed by atoms with van der Waals surface area (Å²) in [7, 11) is 1.60. The molecule has 0 aliphatic rings. The number of fused-ring (bicyclic) bond motifs is 1. The van der Waals surface area contributed by atoms with E-state index in [1.807, 2.05) is 61.5 Å². The summed E-state index contributed by atoms with van der Waals surface area (Å²) in [5, 5.41) is 12.3. The minimum Gasteiger partial charge on any atom is -0.497 e. The molecule has 0 radical (unpaired) electrons. The Morgan fingerprint density at radius 1 is 1.13 bits per heavy atom. The van der Waals surface area contributed by atoms with Crippen molar-refractivity contribution in [1.82, 2.24) is 24.9 Å². The molecule has 8 heteroatoms. The van der Waals surface area contributed by atoms with Crippen LogP contribution in [0.4, 0.5) is 0 Å². The topological polar surface area (TPSA) is 91.0 Å². The van der Waals surface area contributed by atoms with Gasteiger partial charge in [-0.3, -0.25) is 9.59 Å². The highest BCUT2D eigenvalue weighted by atomic mass is 16.5. The quantitative estimate of drug-likeness (QED) is 0.521. The lowest BCUT2D eigenvalue weighted by molar-refractivity contribution is -0.122. The molecular formula is C23H23N5O3. The molecular weight excluding hydrogens is 394 g/mol. The number of ether oxygens (including phenoxy) is 1. The fraction of sp³-hybridized carbons (Fsp3) is 0.217. The van der Waals surface area contributed by atoms with Crippen LogP contribution in [0.5, 0.6) is 5.75 Å². The molecule has 2 aromatic heterocycles. The Morgan fingerprint density at radius 3 is 2.52 bits per heavy atom. The summed E-state index contributed by atoms with van der Waals surface area (Å²) in [6, 6.07) is 16.6. The molecule has 31 heavy (non-hydrogen) atoms. The first kappa shape index (κ1) is 20.3. The maximum Gasteiger partial charge on any atom is 0.293 e. The molecule has 4 aromatic rings. The van der Waals surface area contributed by atoms with Crippen molar-refractivity contribution < 1.29 is 9.53 Å². The number of benzene rings is 2. The molecule has 4 rings (SSSR count). The average Bonchev–Trinajstić information content (AvgIpc) is 3.24. The van der Waals surface area contributed by atoms with E-state index in [2.05, 4.69) is 15.5 Å². The third kappa shape index (κ3) is 4.05. The fourth-order valence-electron chi connectivity index (χ4n) is 3.49. The molecule has 8 nitrogen and oxygen atoms in total. The van der Waals surface area contributed by atoms with Gasteiger partial charge < -0.3 is 10.1 Å². The summed E-state index contributed by atoms with van der Waals surface area (Å²) < 4.78 is 7.94. The van der Waals surface area contributed by atoms with E-state index in [1.165, 1.54) is 4.68 Å². The first-order valence-corrected chi connectivity index (χ1v) is 9.92. The molecule has 1 amide bonds. The molecule has 1 N–H and O–H groups in total. The highest BCUT2D eigenvalue weighted by molar-refractivity contribution is 5.82. The summed E-state index contributed by atoms with van der Waals surface area (Å²) in [5.41, 5.74) is 2.37. The fourth-order valence-corrected chi connectivity index (χ4v) is 3.49. The van der Waals surface area contributed by atoms with E-state index < -0.39 is 0 Å². The van der Waals surface area contributed by atoms with Crippen molar-refractivity contribution in [2.45, 2.75) is 26.4 Å². The van der Waals surface area contributed by atoms with Gasteiger partial charge in [0.15, 0.2) is 0 Å². The Kier molecular flexibility index (Phi) is 5.53. The smallest absolute Gasteiger partial charge is 0.293 e. The number of nitrogens with one attached hydrogen (secondary N) is 1. The zero-order chi connectivity index (χ0) is 22.0. The Hall–Kier alpha value is -3.94. The van der Waals surface area contributed by atoms with Crippen molar-refractivity contribution in [3.05, 3.63) is 82.4 Å². The van der Waals surface area contributed by atoms with E-state index in [-0.39, 0.29) is 24.1 Å². The maximum absolute atomic E-state index is 13.1. The van der Waals surface area contributed by atoms with Crippen LogP contribution in [0.25, 0.3) is 16.6 Å². The zero-order valence-corrected chi connectivity index (χ0v) is 17.6. The van der Waals surface area contributed by atoms with Crippen LogP contribution < -0.4 is 15.6 Å². The van der Waals surface area contributed by atoms with E-state index in [9.17, 15) is 9.59 Å². The SMILES string of the molecule is COc1ccc(C(C)NC(=O)Cn2nc(C)c3cnn(-c4ccccc4)c3c2=O)cc1. The van der Waals surface area contributed by atoms with Gasteiger partial charge in [0, 0.05) is 5.39 Å². The average molecular weight is 417 g/mol. The Labute approximate surface area is 179 Å². The Morgan fingerprint density at radius 2 is 1.84 bits per heavy atom. The largest absolute Gasteiger partial charge is 0.497 e. The number of aryl methyl sites for hydroxylation is 1. The van der Waals surface area contributed by atoms with Gasteiger partial charge in [0.2, 0.25) is 5.91 Å². The van der Waals surface area contributed by atoms with Crippen molar-refractivity contribution in [3.8, 4) is 11.4 Å². The van der Waals surface area contributed by atoms with Crippen molar-refractivity contribution in [3.63, 3.8) is 0 Å². The molecule has 0 bridgehead atoms. The molecule has 1 atom stereocenters. The highest BCUT2D eigenvalue weighted by Crippen LogP contribution is 2.18. The summed E-state index contributed by atoms with van der Waals surface area (Å²) in [6.07, 6.45) is 1.63. The second kappa shape index (κ2) is 8.43. The number of aromatic nitrogens is 4. The van der Waals surface area contributed by atoms with Crippen LogP contribution in [0.1, 0.15) is 24.2 Å². The molecule has 0 fully saturated rings. The van der Waals surface area contributed by atoms with E-state index in [0.717, 1.165) is 17.0 Å². The molecule has 2 aromatic carbocycles. The number of para-hydroxylation sites is 1. The lowest BCUT2D eigenvalue weighted by Crippen LogP contribution is -2.35. The van der Waals surface area contributed by atoms with Crippen LogP contribution in [-0.4, -0.2) is 32.6 Å². The summed E-state index contributed by atoms with van der Waals surface area (Å²) in [6.45, 7) is 3.50. The Balaban J connectivity index is 1.60. The number of rotatable bonds is 6. The van der Waals surface area contributed by atoms with Gasteiger partial charge in [0.1, 0.15) is 17.8 Å². The van der Waals surface area contributed by atoms with Gasteiger partial charge >= 0.3 is 0 Å². The lowest BCUT2D eigenvalue weighted by Gasteiger charge is -2.15. The minimum absolute atomic E-state index is 0.184. The third-order valence-corrected chi connectivity index (χ3v) is 5.15. The summed E-state index contributed by atoms with van der Waals surface area (Å²) in [5.74, 6) is 0.444. The number of hydrogen-bond acceptors (Lipinski definition) is 5. The molecule has 0 aliphatic carbocycles. The van der Waals surface area contributed by atoms with Crippen LogP contribution in [0.3, 0.4) is 0 Å². The molecule has 1 unspecified atom stereocenters. The predicted octanol–water partition coefficient (Wildman–Crippen LogP) is 2.78. The molecule has 0 aliphatic heterocycles. The zero-order valence-electron chi connectivity index (χ0n) is 17.6. The minimum atomic E-state index is -0.366. The highest BCUT2D eigenvalue weighted by Gasteiger charge is 2.17. The van der Waals surface area contributed by atoms with E-state index in [1.54, 1.807) is 24.9 Å².